The van der Waals surface area contributed by atoms with Crippen LogP contribution in [0.15, 0.2) is 17.5 Å². The highest BCUT2D eigenvalue weighted by atomic mass is 32.1. The number of thiophene rings is 1. The summed E-state index contributed by atoms with van der Waals surface area (Å²) in [5, 5.41) is 15.8. The molecule has 3 heteroatoms. The minimum absolute atomic E-state index is 0.235. The van der Waals surface area contributed by atoms with Crippen LogP contribution >= 0.6 is 11.3 Å². The first-order valence-electron chi connectivity index (χ1n) is 7.04. The quantitative estimate of drug-likeness (QED) is 0.751. The fourth-order valence-electron chi connectivity index (χ4n) is 2.38. The van der Waals surface area contributed by atoms with Gasteiger partial charge in [-0.05, 0) is 23.3 Å². The fourth-order valence-corrected chi connectivity index (χ4v) is 3.35. The Morgan fingerprint density at radius 2 is 1.94 bits per heavy atom. The van der Waals surface area contributed by atoms with Crippen molar-refractivity contribution in [2.75, 3.05) is 6.54 Å². The van der Waals surface area contributed by atoms with Gasteiger partial charge in [0.05, 0.1) is 6.10 Å². The maximum Gasteiger partial charge on any atom is 0.0692 e. The van der Waals surface area contributed by atoms with Gasteiger partial charge in [0, 0.05) is 17.5 Å². The van der Waals surface area contributed by atoms with Gasteiger partial charge < -0.3 is 10.4 Å². The van der Waals surface area contributed by atoms with E-state index in [9.17, 15) is 5.11 Å². The van der Waals surface area contributed by atoms with Gasteiger partial charge in [-0.2, -0.15) is 0 Å². The van der Waals surface area contributed by atoms with Crippen molar-refractivity contribution in [1.29, 1.82) is 0 Å². The summed E-state index contributed by atoms with van der Waals surface area (Å²) >= 11 is 1.79. The van der Waals surface area contributed by atoms with Crippen LogP contribution in [0.5, 0.6) is 0 Å². The van der Waals surface area contributed by atoms with E-state index in [4.69, 9.17) is 0 Å². The van der Waals surface area contributed by atoms with Crippen LogP contribution in [0.3, 0.4) is 0 Å². The Kier molecular flexibility index (Phi) is 6.90. The normalized spacial score (nSPS) is 15.3. The third kappa shape index (κ3) is 4.38. The number of hydrogen-bond donors (Lipinski definition) is 2. The summed E-state index contributed by atoms with van der Waals surface area (Å²) in [6, 6.07) is 4.62. The third-order valence-electron chi connectivity index (χ3n) is 3.66. The predicted molar refractivity (Wildman–Crippen MR) is 80.0 cm³/mol. The van der Waals surface area contributed by atoms with Crippen molar-refractivity contribution in [2.45, 2.75) is 52.7 Å². The van der Waals surface area contributed by atoms with Gasteiger partial charge in [0.15, 0.2) is 0 Å². The summed E-state index contributed by atoms with van der Waals surface area (Å²) < 4.78 is 0. The number of rotatable bonds is 8. The molecule has 1 aromatic rings. The second-order valence-corrected chi connectivity index (χ2v) is 6.27. The van der Waals surface area contributed by atoms with Crippen molar-refractivity contribution in [3.63, 3.8) is 0 Å². The van der Waals surface area contributed by atoms with Crippen molar-refractivity contribution in [3.8, 4) is 0 Å². The zero-order chi connectivity index (χ0) is 13.5. The Balaban J connectivity index is 2.53. The molecule has 1 aromatic heterocycles. The van der Waals surface area contributed by atoms with E-state index in [0.717, 1.165) is 12.8 Å². The first-order chi connectivity index (χ1) is 8.60. The Morgan fingerprint density at radius 1 is 1.28 bits per heavy atom. The van der Waals surface area contributed by atoms with Gasteiger partial charge in [0.25, 0.3) is 0 Å². The zero-order valence-corrected chi connectivity index (χ0v) is 12.8. The Labute approximate surface area is 115 Å². The average molecular weight is 269 g/mol. The van der Waals surface area contributed by atoms with Crippen LogP contribution in [0.4, 0.5) is 0 Å². The minimum atomic E-state index is -0.235. The molecule has 1 heterocycles. The molecule has 0 saturated carbocycles. The van der Waals surface area contributed by atoms with E-state index in [0.29, 0.717) is 24.4 Å². The molecule has 0 amide bonds. The number of nitrogens with one attached hydrogen (secondary N) is 1. The Bertz CT molecular complexity index is 306. The summed E-state index contributed by atoms with van der Waals surface area (Å²) in [6.45, 7) is 9.43. The molecule has 2 N–H and O–H groups in total. The van der Waals surface area contributed by atoms with E-state index in [1.165, 1.54) is 4.88 Å². The largest absolute Gasteiger partial charge is 0.392 e. The molecule has 0 aromatic carbocycles. The van der Waals surface area contributed by atoms with Gasteiger partial charge in [-0.3, -0.25) is 0 Å². The van der Waals surface area contributed by atoms with Crippen LogP contribution in [0.1, 0.15) is 51.5 Å². The van der Waals surface area contributed by atoms with Crippen molar-refractivity contribution in [1.82, 2.24) is 5.32 Å². The van der Waals surface area contributed by atoms with Crippen molar-refractivity contribution >= 4 is 11.3 Å². The summed E-state index contributed by atoms with van der Waals surface area (Å²) in [6.07, 6.45) is 1.86. The monoisotopic (exact) mass is 269 g/mol. The smallest absolute Gasteiger partial charge is 0.0692 e. The zero-order valence-electron chi connectivity index (χ0n) is 12.0. The molecule has 0 aliphatic carbocycles. The lowest BCUT2D eigenvalue weighted by atomic mass is 9.95. The fraction of sp³-hybridized carbons (Fsp3) is 0.733. The molecule has 2 nitrogen and oxygen atoms in total. The van der Waals surface area contributed by atoms with Crippen LogP contribution in [-0.4, -0.2) is 17.8 Å². The molecule has 0 aliphatic heterocycles. The number of aliphatic hydroxyl groups excluding tert-OH is 1. The van der Waals surface area contributed by atoms with Crippen LogP contribution in [0, 0.1) is 11.8 Å². The molecule has 0 radical (unpaired) electrons. The topological polar surface area (TPSA) is 32.3 Å². The van der Waals surface area contributed by atoms with Gasteiger partial charge in [-0.25, -0.2) is 0 Å². The molecular formula is C15H27NOS. The highest BCUT2D eigenvalue weighted by Crippen LogP contribution is 2.26. The molecule has 0 saturated heterocycles. The standard InChI is InChI=1S/C15H27NOS/c1-5-12(6-2)13(17)10-16-15(11(3)4)14-8-7-9-18-14/h7-9,11-13,15-17H,5-6,10H2,1-4H3. The Morgan fingerprint density at radius 3 is 2.39 bits per heavy atom. The first kappa shape index (κ1) is 15.7. The lowest BCUT2D eigenvalue weighted by Crippen LogP contribution is -2.36. The van der Waals surface area contributed by atoms with E-state index in [1.807, 2.05) is 0 Å². The van der Waals surface area contributed by atoms with Gasteiger partial charge in [-0.1, -0.05) is 46.6 Å². The van der Waals surface area contributed by atoms with Crippen LogP contribution in [0.2, 0.25) is 0 Å². The van der Waals surface area contributed by atoms with E-state index in [1.54, 1.807) is 11.3 Å². The molecule has 1 rings (SSSR count). The molecular weight excluding hydrogens is 242 g/mol. The highest BCUT2D eigenvalue weighted by molar-refractivity contribution is 7.10. The van der Waals surface area contributed by atoms with Crippen LogP contribution < -0.4 is 5.32 Å². The van der Waals surface area contributed by atoms with E-state index in [2.05, 4.69) is 50.5 Å². The van der Waals surface area contributed by atoms with E-state index >= 15 is 0 Å². The van der Waals surface area contributed by atoms with Gasteiger partial charge >= 0.3 is 0 Å². The van der Waals surface area contributed by atoms with Gasteiger partial charge in [0.1, 0.15) is 0 Å². The number of aliphatic hydroxyl groups is 1. The Hall–Kier alpha value is -0.380. The van der Waals surface area contributed by atoms with Crippen molar-refractivity contribution < 1.29 is 5.11 Å². The molecule has 2 atom stereocenters. The molecule has 0 bridgehead atoms. The van der Waals surface area contributed by atoms with Gasteiger partial charge in [-0.15, -0.1) is 11.3 Å². The number of hydrogen-bond acceptors (Lipinski definition) is 3. The maximum absolute atomic E-state index is 10.2. The van der Waals surface area contributed by atoms with Crippen LogP contribution in [-0.2, 0) is 0 Å². The summed E-state index contributed by atoms with van der Waals surface area (Å²) in [5.41, 5.74) is 0. The minimum Gasteiger partial charge on any atom is -0.392 e. The first-order valence-corrected chi connectivity index (χ1v) is 7.92. The highest BCUT2D eigenvalue weighted by Gasteiger charge is 2.20. The second-order valence-electron chi connectivity index (χ2n) is 5.29. The summed E-state index contributed by atoms with van der Waals surface area (Å²) in [5.74, 6) is 0.950. The lowest BCUT2D eigenvalue weighted by Gasteiger charge is -2.26. The molecule has 0 fully saturated rings. The summed E-state index contributed by atoms with van der Waals surface area (Å²) in [4.78, 5) is 1.36. The molecule has 2 unspecified atom stereocenters. The third-order valence-corrected chi connectivity index (χ3v) is 4.61. The summed E-state index contributed by atoms with van der Waals surface area (Å²) in [7, 11) is 0. The van der Waals surface area contributed by atoms with E-state index in [-0.39, 0.29) is 6.10 Å². The molecule has 0 spiro atoms. The van der Waals surface area contributed by atoms with Crippen molar-refractivity contribution in [2.24, 2.45) is 11.8 Å². The van der Waals surface area contributed by atoms with Crippen LogP contribution in [0.25, 0.3) is 0 Å². The molecule has 104 valence electrons. The average Bonchev–Trinajstić information content (AvgIpc) is 2.84. The van der Waals surface area contributed by atoms with E-state index < -0.39 is 0 Å². The molecule has 0 aliphatic rings. The lowest BCUT2D eigenvalue weighted by molar-refractivity contribution is 0.0963. The molecule has 18 heavy (non-hydrogen) atoms. The van der Waals surface area contributed by atoms with Crippen molar-refractivity contribution in [3.05, 3.63) is 22.4 Å². The van der Waals surface area contributed by atoms with Gasteiger partial charge in [0.2, 0.25) is 0 Å². The SMILES string of the molecule is CCC(CC)C(O)CNC(c1cccs1)C(C)C. The predicted octanol–water partition coefficient (Wildman–Crippen LogP) is 3.83. The second kappa shape index (κ2) is 7.93. The maximum atomic E-state index is 10.2.